The highest BCUT2D eigenvalue weighted by Crippen LogP contribution is 2.27. The predicted octanol–water partition coefficient (Wildman–Crippen LogP) is 3.29. The third-order valence-corrected chi connectivity index (χ3v) is 8.41. The van der Waals surface area contributed by atoms with E-state index in [9.17, 15) is 22.0 Å². The van der Waals surface area contributed by atoms with Gasteiger partial charge >= 0.3 is 0 Å². The first-order valence-corrected chi connectivity index (χ1v) is 15.0. The van der Waals surface area contributed by atoms with Crippen molar-refractivity contribution in [2.75, 3.05) is 37.3 Å². The Bertz CT molecular complexity index is 1830. The number of ether oxygens (including phenoxy) is 1. The normalized spacial score (nSPS) is 14.3. The fourth-order valence-corrected chi connectivity index (χ4v) is 5.56. The van der Waals surface area contributed by atoms with E-state index in [1.165, 1.54) is 15.1 Å². The first-order chi connectivity index (χ1) is 19.9. The molecule has 4 aromatic heterocycles. The van der Waals surface area contributed by atoms with Gasteiger partial charge in [-0.1, -0.05) is 11.6 Å². The molecule has 1 saturated heterocycles. The molecule has 11 nitrogen and oxygen atoms in total. The Labute approximate surface area is 245 Å². The molecule has 4 aromatic rings. The maximum Gasteiger partial charge on any atom is 0.277 e. The first-order valence-electron chi connectivity index (χ1n) is 12.8. The fraction of sp³-hybridized carbons (Fsp3) is 0.296. The maximum absolute atomic E-state index is 14.0. The Balaban J connectivity index is 1.42. The lowest BCUT2D eigenvalue weighted by atomic mass is 10.1. The average molecular weight is 618 g/mol. The summed E-state index contributed by atoms with van der Waals surface area (Å²) < 4.78 is 59.3. The van der Waals surface area contributed by atoms with Crippen molar-refractivity contribution in [3.63, 3.8) is 0 Å². The van der Waals surface area contributed by atoms with Crippen LogP contribution in [0.2, 0.25) is 5.02 Å². The summed E-state index contributed by atoms with van der Waals surface area (Å²) in [6.45, 7) is 4.68. The Morgan fingerprint density at radius 3 is 2.43 bits per heavy atom. The van der Waals surface area contributed by atoms with Crippen molar-refractivity contribution in [2.45, 2.75) is 20.5 Å². The van der Waals surface area contributed by atoms with E-state index in [1.54, 1.807) is 44.4 Å². The van der Waals surface area contributed by atoms with E-state index in [1.807, 2.05) is 4.90 Å². The van der Waals surface area contributed by atoms with Crippen LogP contribution in [0.4, 0.5) is 14.7 Å². The monoisotopic (exact) mass is 617 g/mol. The second-order valence-electron chi connectivity index (χ2n) is 9.72. The zero-order valence-corrected chi connectivity index (χ0v) is 24.5. The average Bonchev–Trinajstić information content (AvgIpc) is 2.95. The lowest BCUT2D eigenvalue weighted by molar-refractivity contribution is 0.292. The molecule has 5 heterocycles. The zero-order chi connectivity index (χ0) is 30.2. The van der Waals surface area contributed by atoms with Crippen LogP contribution in [0.5, 0.6) is 5.75 Å². The van der Waals surface area contributed by atoms with Crippen LogP contribution < -0.4 is 15.2 Å². The Hall–Kier alpha value is -4.01. The molecule has 1 fully saturated rings. The molecule has 0 atom stereocenters. The van der Waals surface area contributed by atoms with Crippen LogP contribution in [-0.2, 0) is 16.6 Å². The molecule has 15 heteroatoms. The number of nitrogens with zero attached hydrogens (tertiary/aromatic N) is 7. The Morgan fingerprint density at radius 2 is 1.74 bits per heavy atom. The number of hydrogen-bond donors (Lipinski definition) is 0. The van der Waals surface area contributed by atoms with Crippen LogP contribution in [0, 0.1) is 25.5 Å². The molecule has 0 amide bonds. The Morgan fingerprint density at radius 1 is 1.00 bits per heavy atom. The molecule has 0 unspecified atom stereocenters. The number of piperazine rings is 1. The van der Waals surface area contributed by atoms with Crippen LogP contribution in [0.3, 0.4) is 0 Å². The second kappa shape index (κ2) is 11.7. The molecule has 0 radical (unpaired) electrons. The van der Waals surface area contributed by atoms with Gasteiger partial charge in [0.15, 0.2) is 5.82 Å². The summed E-state index contributed by atoms with van der Waals surface area (Å²) in [6, 6.07) is 5.65. The van der Waals surface area contributed by atoms with Crippen molar-refractivity contribution >= 4 is 27.6 Å². The quantitative estimate of drug-likeness (QED) is 0.307. The van der Waals surface area contributed by atoms with Crippen molar-refractivity contribution in [1.82, 2.24) is 28.8 Å². The summed E-state index contributed by atoms with van der Waals surface area (Å²) in [5.41, 5.74) is 1.99. The lowest BCUT2D eigenvalue weighted by Crippen LogP contribution is -2.48. The van der Waals surface area contributed by atoms with Crippen molar-refractivity contribution < 1.29 is 21.9 Å². The van der Waals surface area contributed by atoms with Gasteiger partial charge in [-0.15, -0.1) is 0 Å². The van der Waals surface area contributed by atoms with Crippen molar-refractivity contribution in [1.29, 1.82) is 0 Å². The van der Waals surface area contributed by atoms with Gasteiger partial charge in [0.25, 0.3) is 5.56 Å². The van der Waals surface area contributed by atoms with Gasteiger partial charge in [-0.25, -0.2) is 27.2 Å². The highest BCUT2D eigenvalue weighted by atomic mass is 35.5. The van der Waals surface area contributed by atoms with Crippen molar-refractivity contribution in [3.8, 4) is 22.8 Å². The number of hydrogen-bond acceptors (Lipinski definition) is 9. The number of halogens is 3. The molecule has 220 valence electrons. The molecule has 0 N–H and O–H groups in total. The third kappa shape index (κ3) is 6.10. The second-order valence-corrected chi connectivity index (χ2v) is 12.1. The van der Waals surface area contributed by atoms with Gasteiger partial charge in [-0.2, -0.15) is 4.31 Å². The highest BCUT2D eigenvalue weighted by molar-refractivity contribution is 7.88. The van der Waals surface area contributed by atoms with Crippen LogP contribution in [-0.4, -0.2) is 69.7 Å². The largest absolute Gasteiger partial charge is 0.485 e. The van der Waals surface area contributed by atoms with E-state index in [0.717, 1.165) is 6.20 Å². The fourth-order valence-electron chi connectivity index (χ4n) is 4.54. The summed E-state index contributed by atoms with van der Waals surface area (Å²) in [4.78, 5) is 32.5. The predicted molar refractivity (Wildman–Crippen MR) is 152 cm³/mol. The molecule has 5 rings (SSSR count). The van der Waals surface area contributed by atoms with Gasteiger partial charge in [0, 0.05) is 56.4 Å². The van der Waals surface area contributed by atoms with Gasteiger partial charge in [-0.05, 0) is 31.5 Å². The number of sulfonamides is 1. The van der Waals surface area contributed by atoms with Crippen molar-refractivity contribution in [2.24, 2.45) is 0 Å². The topological polar surface area (TPSA) is 123 Å². The van der Waals surface area contributed by atoms with E-state index >= 15 is 0 Å². The summed E-state index contributed by atoms with van der Waals surface area (Å²) in [5.74, 6) is -1.22. The number of aryl methyl sites for hydroxylation is 2. The molecule has 0 spiro atoms. The summed E-state index contributed by atoms with van der Waals surface area (Å²) in [6.07, 6.45) is 5.27. The number of pyridine rings is 3. The van der Waals surface area contributed by atoms with Gasteiger partial charge in [0.1, 0.15) is 28.9 Å². The Kier molecular flexibility index (Phi) is 8.21. The van der Waals surface area contributed by atoms with E-state index < -0.39 is 27.2 Å². The molecule has 42 heavy (non-hydrogen) atoms. The SMILES string of the molecule is Cc1cnc(-c2ccnc(N3CCN(S(C)(=O)=O)CC3)n2)cc1-n1c(C)cc(OCc2ncc(F)cc2F)c(Cl)c1=O. The van der Waals surface area contributed by atoms with Gasteiger partial charge in [-0.3, -0.25) is 19.3 Å². The molecule has 0 aromatic carbocycles. The molecular weight excluding hydrogens is 592 g/mol. The summed E-state index contributed by atoms with van der Waals surface area (Å²) in [7, 11) is -3.27. The van der Waals surface area contributed by atoms with Crippen molar-refractivity contribution in [3.05, 3.63) is 86.8 Å². The summed E-state index contributed by atoms with van der Waals surface area (Å²) in [5, 5.41) is -0.224. The highest BCUT2D eigenvalue weighted by Gasteiger charge is 2.25. The molecule has 1 aliphatic rings. The first kappa shape index (κ1) is 29.5. The van der Waals surface area contributed by atoms with E-state index in [4.69, 9.17) is 16.3 Å². The minimum Gasteiger partial charge on any atom is -0.485 e. The van der Waals surface area contributed by atoms with E-state index in [2.05, 4.69) is 19.9 Å². The molecule has 1 aliphatic heterocycles. The standard InChI is InChI=1S/C27H26ClF2N7O4S/c1-16-13-32-21(20-4-5-31-27(34-20)35-6-8-36(9-7-35)42(3,39)40)12-23(16)37-17(2)10-24(25(28)26(37)38)41-15-22-19(30)11-18(29)14-33-22/h4-5,10-14H,6-9,15H2,1-3H3. The summed E-state index contributed by atoms with van der Waals surface area (Å²) >= 11 is 6.39. The smallest absolute Gasteiger partial charge is 0.277 e. The maximum atomic E-state index is 14.0. The number of anilines is 1. The molecule has 0 saturated carbocycles. The minimum absolute atomic E-state index is 0.0317. The van der Waals surface area contributed by atoms with E-state index in [-0.39, 0.29) is 23.1 Å². The molecule has 0 aliphatic carbocycles. The van der Waals surface area contributed by atoms with Gasteiger partial charge in [0.2, 0.25) is 16.0 Å². The lowest BCUT2D eigenvalue weighted by Gasteiger charge is -2.33. The third-order valence-electron chi connectivity index (χ3n) is 6.76. The molecule has 0 bridgehead atoms. The van der Waals surface area contributed by atoms with Crippen LogP contribution >= 0.6 is 11.6 Å². The zero-order valence-electron chi connectivity index (χ0n) is 22.9. The van der Waals surface area contributed by atoms with Gasteiger partial charge < -0.3 is 9.64 Å². The van der Waals surface area contributed by atoms with Crippen LogP contribution in [0.15, 0.2) is 47.7 Å². The minimum atomic E-state index is -3.27. The molecular formula is C27H26ClF2N7O4S. The number of aromatic nitrogens is 5. The van der Waals surface area contributed by atoms with Gasteiger partial charge in [0.05, 0.1) is 29.5 Å². The van der Waals surface area contributed by atoms with Crippen LogP contribution in [0.25, 0.3) is 17.1 Å². The van der Waals surface area contributed by atoms with E-state index in [0.29, 0.717) is 66.5 Å². The van der Waals surface area contributed by atoms with Crippen LogP contribution in [0.1, 0.15) is 17.0 Å². The number of rotatable bonds is 7.